The van der Waals surface area contributed by atoms with Crippen molar-refractivity contribution in [1.82, 2.24) is 4.90 Å². The zero-order chi connectivity index (χ0) is 22.1. The summed E-state index contributed by atoms with van der Waals surface area (Å²) in [5.41, 5.74) is 11.8. The molecule has 0 saturated heterocycles. The number of halogens is 1. The van der Waals surface area contributed by atoms with Crippen LogP contribution in [-0.4, -0.2) is 37.9 Å². The van der Waals surface area contributed by atoms with E-state index in [1.165, 1.54) is 22.3 Å². The molecule has 0 saturated carbocycles. The van der Waals surface area contributed by atoms with Crippen molar-refractivity contribution in [3.05, 3.63) is 102 Å². The average molecular weight is 419 g/mol. The number of likely N-dealkylation sites (N-methyl/N-ethyl adjacent to an activating group) is 1. The Hall–Kier alpha value is -2.95. The molecule has 3 aromatic rings. The van der Waals surface area contributed by atoms with E-state index in [0.717, 1.165) is 17.7 Å². The number of hydrogen-bond acceptors (Lipinski definition) is 3. The number of allylic oxidation sites excluding steroid dienone is 1. The molecule has 3 aromatic carbocycles. The van der Waals surface area contributed by atoms with E-state index in [1.807, 2.05) is 24.3 Å². The number of nitrogens with two attached hydrogens (primary N) is 1. The van der Waals surface area contributed by atoms with Gasteiger partial charge in [-0.1, -0.05) is 79.7 Å². The SMILES string of the molecule is CC/C(=C(\c1ccccc1)c1ccc(OCCN(C)C(N)CF)cc1)c1ccccc1. The van der Waals surface area contributed by atoms with Crippen molar-refractivity contribution < 1.29 is 9.13 Å². The fraction of sp³-hybridized carbons (Fsp3) is 0.259. The first kappa shape index (κ1) is 22.7. The van der Waals surface area contributed by atoms with Crippen molar-refractivity contribution in [3.63, 3.8) is 0 Å². The van der Waals surface area contributed by atoms with Gasteiger partial charge in [-0.05, 0) is 53.4 Å². The van der Waals surface area contributed by atoms with Crippen molar-refractivity contribution in [2.75, 3.05) is 26.9 Å². The zero-order valence-corrected chi connectivity index (χ0v) is 18.3. The minimum atomic E-state index is -0.588. The molecule has 0 aliphatic rings. The van der Waals surface area contributed by atoms with Crippen LogP contribution in [0.1, 0.15) is 30.0 Å². The second kappa shape index (κ2) is 11.4. The van der Waals surface area contributed by atoms with Gasteiger partial charge in [0.25, 0.3) is 0 Å². The van der Waals surface area contributed by atoms with Gasteiger partial charge >= 0.3 is 0 Å². The molecule has 0 aliphatic carbocycles. The highest BCUT2D eigenvalue weighted by atomic mass is 19.1. The minimum Gasteiger partial charge on any atom is -0.492 e. The Labute approximate surface area is 185 Å². The van der Waals surface area contributed by atoms with E-state index in [2.05, 4.69) is 67.6 Å². The molecule has 0 amide bonds. The lowest BCUT2D eigenvalue weighted by molar-refractivity contribution is 0.170. The van der Waals surface area contributed by atoms with Crippen LogP contribution in [0.25, 0.3) is 11.1 Å². The van der Waals surface area contributed by atoms with Crippen LogP contribution in [-0.2, 0) is 0 Å². The Bertz CT molecular complexity index is 956. The summed E-state index contributed by atoms with van der Waals surface area (Å²) < 4.78 is 18.5. The van der Waals surface area contributed by atoms with Crippen LogP contribution in [0.3, 0.4) is 0 Å². The Morgan fingerprint density at radius 1 is 0.871 bits per heavy atom. The fourth-order valence-corrected chi connectivity index (χ4v) is 3.59. The monoisotopic (exact) mass is 418 g/mol. The molecule has 162 valence electrons. The number of nitrogens with zero attached hydrogens (tertiary/aromatic N) is 1. The normalized spacial score (nSPS) is 13.1. The van der Waals surface area contributed by atoms with Gasteiger partial charge in [0.1, 0.15) is 19.0 Å². The summed E-state index contributed by atoms with van der Waals surface area (Å²) in [7, 11) is 1.80. The Morgan fingerprint density at radius 2 is 1.42 bits per heavy atom. The van der Waals surface area contributed by atoms with E-state index >= 15 is 0 Å². The van der Waals surface area contributed by atoms with Gasteiger partial charge in [-0.2, -0.15) is 0 Å². The molecule has 0 heterocycles. The zero-order valence-electron chi connectivity index (χ0n) is 18.3. The van der Waals surface area contributed by atoms with Gasteiger partial charge in [0.2, 0.25) is 0 Å². The second-order valence-electron chi connectivity index (χ2n) is 7.51. The largest absolute Gasteiger partial charge is 0.492 e. The van der Waals surface area contributed by atoms with Gasteiger partial charge in [-0.3, -0.25) is 4.90 Å². The summed E-state index contributed by atoms with van der Waals surface area (Å²) in [6, 6.07) is 29.2. The number of hydrogen-bond donors (Lipinski definition) is 1. The van der Waals surface area contributed by atoms with Gasteiger partial charge in [0.05, 0.1) is 6.17 Å². The maximum absolute atomic E-state index is 12.7. The number of ether oxygens (including phenoxy) is 1. The molecule has 31 heavy (non-hydrogen) atoms. The maximum Gasteiger partial charge on any atom is 0.119 e. The summed E-state index contributed by atoms with van der Waals surface area (Å²) in [5, 5.41) is 0. The lowest BCUT2D eigenvalue weighted by Crippen LogP contribution is -2.42. The first-order valence-corrected chi connectivity index (χ1v) is 10.7. The quantitative estimate of drug-likeness (QED) is 0.343. The lowest BCUT2D eigenvalue weighted by atomic mass is 9.88. The molecular weight excluding hydrogens is 387 g/mol. The van der Waals surface area contributed by atoms with Gasteiger partial charge in [0, 0.05) is 6.54 Å². The molecule has 0 fully saturated rings. The molecule has 0 spiro atoms. The number of rotatable bonds is 10. The summed E-state index contributed by atoms with van der Waals surface area (Å²) in [5.74, 6) is 0.788. The summed E-state index contributed by atoms with van der Waals surface area (Å²) in [6.45, 7) is 2.65. The highest BCUT2D eigenvalue weighted by Gasteiger charge is 2.13. The average Bonchev–Trinajstić information content (AvgIpc) is 2.83. The van der Waals surface area contributed by atoms with Crippen molar-refractivity contribution in [2.45, 2.75) is 19.5 Å². The summed E-state index contributed by atoms with van der Waals surface area (Å²) in [6.07, 6.45) is 0.336. The number of alkyl halides is 1. The van der Waals surface area contributed by atoms with Crippen LogP contribution in [0, 0.1) is 0 Å². The van der Waals surface area contributed by atoms with E-state index in [1.54, 1.807) is 11.9 Å². The topological polar surface area (TPSA) is 38.5 Å². The first-order chi connectivity index (χ1) is 15.1. The summed E-state index contributed by atoms with van der Waals surface area (Å²) in [4.78, 5) is 1.75. The van der Waals surface area contributed by atoms with Crippen LogP contribution in [0.2, 0.25) is 0 Å². The molecule has 2 N–H and O–H groups in total. The highest BCUT2D eigenvalue weighted by Crippen LogP contribution is 2.34. The molecule has 1 atom stereocenters. The smallest absolute Gasteiger partial charge is 0.119 e. The highest BCUT2D eigenvalue weighted by molar-refractivity contribution is 5.98. The van der Waals surface area contributed by atoms with Gasteiger partial charge in [-0.15, -0.1) is 0 Å². The Kier molecular flexibility index (Phi) is 8.39. The van der Waals surface area contributed by atoms with Gasteiger partial charge < -0.3 is 10.5 Å². The molecule has 0 aliphatic heterocycles. The van der Waals surface area contributed by atoms with E-state index in [-0.39, 0.29) is 0 Å². The molecule has 1 unspecified atom stereocenters. The van der Waals surface area contributed by atoms with Crippen LogP contribution in [0.15, 0.2) is 84.9 Å². The standard InChI is InChI=1S/C27H31FN2O/c1-3-25(21-10-6-4-7-11-21)27(22-12-8-5-9-13-22)23-14-16-24(17-15-23)31-19-18-30(2)26(29)20-28/h4-17,26H,3,18-20,29H2,1-2H3/b27-25-. The second-order valence-corrected chi connectivity index (χ2v) is 7.51. The van der Waals surface area contributed by atoms with E-state index in [9.17, 15) is 4.39 Å². The molecular formula is C27H31FN2O. The van der Waals surface area contributed by atoms with Gasteiger partial charge in [-0.25, -0.2) is 4.39 Å². The van der Waals surface area contributed by atoms with Gasteiger partial charge in [0.15, 0.2) is 0 Å². The van der Waals surface area contributed by atoms with E-state index < -0.39 is 12.8 Å². The predicted octanol–water partition coefficient (Wildman–Crippen LogP) is 5.62. The van der Waals surface area contributed by atoms with Crippen LogP contribution < -0.4 is 10.5 Å². The molecule has 0 bridgehead atoms. The van der Waals surface area contributed by atoms with E-state index in [0.29, 0.717) is 13.2 Å². The molecule has 3 rings (SSSR count). The van der Waals surface area contributed by atoms with Crippen LogP contribution in [0.5, 0.6) is 5.75 Å². The minimum absolute atomic E-state index is 0.454. The van der Waals surface area contributed by atoms with Crippen molar-refractivity contribution >= 4 is 11.1 Å². The molecule has 4 heteroatoms. The van der Waals surface area contributed by atoms with Crippen molar-refractivity contribution in [2.24, 2.45) is 5.73 Å². The molecule has 3 nitrogen and oxygen atoms in total. The first-order valence-electron chi connectivity index (χ1n) is 10.7. The van der Waals surface area contributed by atoms with Crippen LogP contribution in [0.4, 0.5) is 4.39 Å². The van der Waals surface area contributed by atoms with E-state index in [4.69, 9.17) is 10.5 Å². The van der Waals surface area contributed by atoms with Crippen LogP contribution >= 0.6 is 0 Å². The fourth-order valence-electron chi connectivity index (χ4n) is 3.59. The predicted molar refractivity (Wildman–Crippen MR) is 128 cm³/mol. The number of benzene rings is 3. The Balaban J connectivity index is 1.87. The maximum atomic E-state index is 12.7. The third-order valence-electron chi connectivity index (χ3n) is 5.42. The van der Waals surface area contributed by atoms with Crippen molar-refractivity contribution in [3.8, 4) is 5.75 Å². The van der Waals surface area contributed by atoms with Crippen molar-refractivity contribution in [1.29, 1.82) is 0 Å². The molecule has 0 aromatic heterocycles. The third-order valence-corrected chi connectivity index (χ3v) is 5.42. The Morgan fingerprint density at radius 3 is 1.97 bits per heavy atom. The third kappa shape index (κ3) is 6.03. The lowest BCUT2D eigenvalue weighted by Gasteiger charge is -2.21. The molecule has 0 radical (unpaired) electrons. The summed E-state index contributed by atoms with van der Waals surface area (Å²) >= 11 is 0.